The molecule has 0 radical (unpaired) electrons. The van der Waals surface area contributed by atoms with Crippen molar-refractivity contribution in [1.82, 2.24) is 14.5 Å². The molecule has 0 fully saturated rings. The Kier molecular flexibility index (Phi) is 5.87. The Labute approximate surface area is 194 Å². The minimum atomic E-state index is -4.59. The maximum atomic E-state index is 13.1. The van der Waals surface area contributed by atoms with Crippen molar-refractivity contribution in [2.24, 2.45) is 0 Å². The van der Waals surface area contributed by atoms with Crippen molar-refractivity contribution >= 4 is 36.7 Å². The molecule has 0 saturated carbocycles. The fraction of sp³-hybridized carbons (Fsp3) is 0.136. The van der Waals surface area contributed by atoms with Gasteiger partial charge in [-0.3, -0.25) is 4.79 Å². The van der Waals surface area contributed by atoms with Gasteiger partial charge in [0, 0.05) is 16.2 Å². The second-order valence-electron chi connectivity index (χ2n) is 7.11. The van der Waals surface area contributed by atoms with Crippen molar-refractivity contribution in [3.63, 3.8) is 0 Å². The molecule has 0 amide bonds. The lowest BCUT2D eigenvalue weighted by Gasteiger charge is -2.13. The summed E-state index contributed by atoms with van der Waals surface area (Å²) in [6.07, 6.45) is -2.17. The van der Waals surface area contributed by atoms with Crippen LogP contribution in [0.4, 0.5) is 13.2 Å². The van der Waals surface area contributed by atoms with E-state index in [4.69, 9.17) is 0 Å². The van der Waals surface area contributed by atoms with Crippen LogP contribution in [0.2, 0.25) is 0 Å². The first-order valence-electron chi connectivity index (χ1n) is 9.59. The summed E-state index contributed by atoms with van der Waals surface area (Å²) in [5, 5.41) is -0.0934. The van der Waals surface area contributed by atoms with Gasteiger partial charge >= 0.3 is 6.18 Å². The average Bonchev–Trinajstić information content (AvgIpc) is 2.79. The molecule has 0 aliphatic carbocycles. The van der Waals surface area contributed by atoms with Gasteiger partial charge in [0.25, 0.3) is 5.56 Å². The molecule has 0 aliphatic rings. The van der Waals surface area contributed by atoms with Crippen molar-refractivity contribution in [2.75, 3.05) is 5.75 Å². The maximum absolute atomic E-state index is 13.1. The molecule has 0 N–H and O–H groups in total. The molecule has 4 aromatic rings. The second kappa shape index (κ2) is 8.38. The first-order valence-corrected chi connectivity index (χ1v) is 12.0. The monoisotopic (exact) mass is 537 g/mol. The number of pyridine rings is 1. The van der Waals surface area contributed by atoms with Gasteiger partial charge in [-0.15, -0.1) is 0 Å². The molecule has 0 bridgehead atoms. The van der Waals surface area contributed by atoms with Crippen molar-refractivity contribution < 1.29 is 21.6 Å². The van der Waals surface area contributed by atoms with Gasteiger partial charge in [-0.2, -0.15) is 13.2 Å². The minimum absolute atomic E-state index is 0.0934. The highest BCUT2D eigenvalue weighted by molar-refractivity contribution is 9.10. The molecule has 2 aromatic heterocycles. The summed E-state index contributed by atoms with van der Waals surface area (Å²) in [6.45, 7) is 1.46. The van der Waals surface area contributed by atoms with Crippen LogP contribution >= 0.6 is 15.9 Å². The van der Waals surface area contributed by atoms with Crippen LogP contribution in [-0.2, 0) is 16.0 Å². The molecule has 0 aliphatic heterocycles. The van der Waals surface area contributed by atoms with Gasteiger partial charge in [0.2, 0.25) is 0 Å². The number of nitrogens with zero attached hydrogens (tertiary/aromatic N) is 3. The third-order valence-electron chi connectivity index (χ3n) is 5.04. The lowest BCUT2D eigenvalue weighted by Crippen LogP contribution is -2.23. The number of halogens is 4. The summed E-state index contributed by atoms with van der Waals surface area (Å²) in [7, 11) is -3.82. The largest absolute Gasteiger partial charge is 0.416 e. The third kappa shape index (κ3) is 4.42. The molecule has 0 saturated heterocycles. The summed E-state index contributed by atoms with van der Waals surface area (Å²) in [6, 6.07) is 11.2. The number of sulfone groups is 1. The number of rotatable bonds is 4. The predicted molar refractivity (Wildman–Crippen MR) is 121 cm³/mol. The van der Waals surface area contributed by atoms with Gasteiger partial charge in [0.1, 0.15) is 11.2 Å². The topological polar surface area (TPSA) is 81.9 Å². The predicted octanol–water partition coefficient (Wildman–Crippen LogP) is 5.02. The van der Waals surface area contributed by atoms with E-state index in [9.17, 15) is 26.4 Å². The van der Waals surface area contributed by atoms with E-state index in [1.165, 1.54) is 19.2 Å². The first-order chi connectivity index (χ1) is 15.5. The number of fused-ring (bicyclic) bond motifs is 1. The lowest BCUT2D eigenvalue weighted by molar-refractivity contribution is -0.137. The minimum Gasteiger partial charge on any atom is -0.268 e. The van der Waals surface area contributed by atoms with E-state index in [1.807, 2.05) is 0 Å². The Hall–Kier alpha value is -3.05. The van der Waals surface area contributed by atoms with Crippen molar-refractivity contribution in [2.45, 2.75) is 18.0 Å². The summed E-state index contributed by atoms with van der Waals surface area (Å²) in [5.41, 5.74) is -0.586. The molecule has 0 unspecified atom stereocenters. The van der Waals surface area contributed by atoms with Crippen molar-refractivity contribution in [3.8, 4) is 16.9 Å². The number of alkyl halides is 3. The molecule has 33 heavy (non-hydrogen) atoms. The molecule has 2 heterocycles. The molecule has 11 heteroatoms. The molecule has 170 valence electrons. The van der Waals surface area contributed by atoms with Crippen molar-refractivity contribution in [3.05, 3.63) is 81.4 Å². The average molecular weight is 538 g/mol. The maximum Gasteiger partial charge on any atom is 0.416 e. The Morgan fingerprint density at radius 1 is 1.00 bits per heavy atom. The number of hydrogen-bond donors (Lipinski definition) is 0. The second-order valence-corrected chi connectivity index (χ2v) is 10.3. The quantitative estimate of drug-likeness (QED) is 0.365. The van der Waals surface area contributed by atoms with Crippen LogP contribution in [0.5, 0.6) is 0 Å². The van der Waals surface area contributed by atoms with Crippen LogP contribution in [-0.4, -0.2) is 28.7 Å². The molecule has 2 aromatic carbocycles. The van der Waals surface area contributed by atoms with E-state index in [2.05, 4.69) is 25.9 Å². The Balaban J connectivity index is 1.93. The van der Waals surface area contributed by atoms with E-state index in [-0.39, 0.29) is 27.4 Å². The van der Waals surface area contributed by atoms with Crippen LogP contribution in [0.25, 0.3) is 27.8 Å². The number of benzene rings is 2. The highest BCUT2D eigenvalue weighted by Crippen LogP contribution is 2.31. The van der Waals surface area contributed by atoms with Gasteiger partial charge in [0.15, 0.2) is 15.7 Å². The van der Waals surface area contributed by atoms with Gasteiger partial charge < -0.3 is 0 Å². The first kappa shape index (κ1) is 23.1. The molecule has 4 rings (SSSR count). The summed E-state index contributed by atoms with van der Waals surface area (Å²) < 4.78 is 66.5. The van der Waals surface area contributed by atoms with E-state index in [0.29, 0.717) is 11.1 Å². The normalized spacial score (nSPS) is 12.3. The Morgan fingerprint density at radius 3 is 2.33 bits per heavy atom. The summed E-state index contributed by atoms with van der Waals surface area (Å²) in [5.74, 6) is -0.409. The molecule has 0 spiro atoms. The lowest BCUT2D eigenvalue weighted by atomic mass is 10.1. The molecule has 0 atom stereocenters. The van der Waals surface area contributed by atoms with Gasteiger partial charge in [0.05, 0.1) is 22.2 Å². The van der Waals surface area contributed by atoms with Crippen molar-refractivity contribution in [1.29, 1.82) is 0 Å². The van der Waals surface area contributed by atoms with E-state index in [1.54, 1.807) is 24.3 Å². The summed E-state index contributed by atoms with van der Waals surface area (Å²) in [4.78, 5) is 21.1. The molecule has 6 nitrogen and oxygen atoms in total. The highest BCUT2D eigenvalue weighted by atomic mass is 79.9. The SMILES string of the molecule is CCS(=O)(=O)c1cc(-c2ccc(Br)cc2)cnc1-n1cnc2cc(C(F)(F)F)ccc2c1=O. The zero-order valence-electron chi connectivity index (χ0n) is 17.0. The van der Waals surface area contributed by atoms with Crippen LogP contribution in [0.1, 0.15) is 12.5 Å². The van der Waals surface area contributed by atoms with Gasteiger partial charge in [-0.1, -0.05) is 35.0 Å². The zero-order valence-corrected chi connectivity index (χ0v) is 19.4. The van der Waals surface area contributed by atoms with Gasteiger partial charge in [-0.25, -0.2) is 23.0 Å². The van der Waals surface area contributed by atoms with Crippen LogP contribution < -0.4 is 5.56 Å². The molecular weight excluding hydrogens is 523 g/mol. The highest BCUT2D eigenvalue weighted by Gasteiger charge is 2.31. The number of hydrogen-bond acceptors (Lipinski definition) is 5. The van der Waals surface area contributed by atoms with E-state index >= 15 is 0 Å². The summed E-state index contributed by atoms with van der Waals surface area (Å²) >= 11 is 3.34. The molecular formula is C22H15BrF3N3O3S. The van der Waals surface area contributed by atoms with Crippen LogP contribution in [0.15, 0.2) is 75.2 Å². The van der Waals surface area contributed by atoms with E-state index < -0.39 is 27.1 Å². The Bertz CT molecular complexity index is 1530. The smallest absolute Gasteiger partial charge is 0.268 e. The zero-order chi connectivity index (χ0) is 24.0. The van der Waals surface area contributed by atoms with Crippen LogP contribution in [0.3, 0.4) is 0 Å². The van der Waals surface area contributed by atoms with Crippen LogP contribution in [0, 0.1) is 0 Å². The third-order valence-corrected chi connectivity index (χ3v) is 7.30. The standard InChI is InChI=1S/C22H15BrF3N3O3S/c1-2-33(31,32)19-9-14(13-3-6-16(23)7-4-13)11-27-20(19)29-12-28-18-10-15(22(24,25)26)5-8-17(18)21(29)30/h3-12H,2H2,1H3. The fourth-order valence-electron chi connectivity index (χ4n) is 3.25. The fourth-order valence-corrected chi connectivity index (χ4v) is 4.56. The van der Waals surface area contributed by atoms with E-state index in [0.717, 1.165) is 33.6 Å². The van der Waals surface area contributed by atoms with Gasteiger partial charge in [-0.05, 0) is 42.0 Å². The Morgan fingerprint density at radius 2 is 1.70 bits per heavy atom. The number of aromatic nitrogens is 3.